The highest BCUT2D eigenvalue weighted by molar-refractivity contribution is 6.43. The molecule has 166 valence electrons. The molecule has 0 spiro atoms. The van der Waals surface area contributed by atoms with Crippen LogP contribution in [0, 0.1) is 10.1 Å². The first-order valence-corrected chi connectivity index (χ1v) is 10.5. The Kier molecular flexibility index (Phi) is 6.13. The number of halogens is 2. The molecule has 0 aromatic heterocycles. The first-order valence-electron chi connectivity index (χ1n) is 9.72. The summed E-state index contributed by atoms with van der Waals surface area (Å²) in [7, 11) is 0. The molecule has 0 saturated carbocycles. The van der Waals surface area contributed by atoms with Gasteiger partial charge in [0.25, 0.3) is 17.5 Å². The molecule has 0 bridgehead atoms. The Bertz CT molecular complexity index is 1240. The molecular formula is C23H15Cl2N3O5. The number of carbonyl (C=O) groups is 3. The molecule has 0 saturated heterocycles. The number of benzene rings is 3. The van der Waals surface area contributed by atoms with Gasteiger partial charge in [0.05, 0.1) is 26.1 Å². The van der Waals surface area contributed by atoms with Gasteiger partial charge in [-0.3, -0.25) is 29.4 Å². The number of imide groups is 1. The average molecular weight is 484 g/mol. The molecule has 0 unspecified atom stereocenters. The van der Waals surface area contributed by atoms with Gasteiger partial charge in [-0.1, -0.05) is 53.5 Å². The van der Waals surface area contributed by atoms with Crippen molar-refractivity contribution >= 4 is 52.3 Å². The predicted molar refractivity (Wildman–Crippen MR) is 123 cm³/mol. The summed E-state index contributed by atoms with van der Waals surface area (Å²) in [5.41, 5.74) is 1.01. The molecule has 1 N–H and O–H groups in total. The van der Waals surface area contributed by atoms with Gasteiger partial charge in [-0.05, 0) is 29.8 Å². The summed E-state index contributed by atoms with van der Waals surface area (Å²) < 4.78 is 0. The molecule has 1 aliphatic heterocycles. The van der Waals surface area contributed by atoms with E-state index in [1.165, 1.54) is 36.4 Å². The zero-order valence-corrected chi connectivity index (χ0v) is 18.3. The van der Waals surface area contributed by atoms with Crippen molar-refractivity contribution in [3.05, 3.63) is 104 Å². The van der Waals surface area contributed by atoms with E-state index in [0.717, 1.165) is 10.5 Å². The largest absolute Gasteiger partial charge is 0.324 e. The number of fused-ring (bicyclic) bond motifs is 1. The van der Waals surface area contributed by atoms with E-state index in [0.29, 0.717) is 0 Å². The normalized spacial score (nSPS) is 13.6. The molecule has 33 heavy (non-hydrogen) atoms. The minimum atomic E-state index is -1.19. The lowest BCUT2D eigenvalue weighted by molar-refractivity contribution is -0.384. The quantitative estimate of drug-likeness (QED) is 0.309. The second-order valence-electron chi connectivity index (χ2n) is 7.29. The maximum absolute atomic E-state index is 13.3. The van der Waals surface area contributed by atoms with Gasteiger partial charge >= 0.3 is 0 Å². The monoisotopic (exact) mass is 483 g/mol. The number of nitro groups is 1. The third-order valence-electron chi connectivity index (χ3n) is 5.19. The van der Waals surface area contributed by atoms with Crippen molar-refractivity contribution in [2.24, 2.45) is 0 Å². The molecule has 10 heteroatoms. The van der Waals surface area contributed by atoms with E-state index in [9.17, 15) is 24.5 Å². The average Bonchev–Trinajstić information content (AvgIpc) is 3.03. The fourth-order valence-electron chi connectivity index (χ4n) is 3.57. The van der Waals surface area contributed by atoms with E-state index in [-0.39, 0.29) is 39.0 Å². The first-order chi connectivity index (χ1) is 15.8. The number of rotatable bonds is 6. The van der Waals surface area contributed by atoms with Crippen LogP contribution in [0.25, 0.3) is 0 Å². The molecule has 3 aromatic rings. The molecule has 3 aromatic carbocycles. The minimum absolute atomic E-state index is 0.0621. The zero-order valence-electron chi connectivity index (χ0n) is 16.8. The Hall–Kier alpha value is -3.75. The summed E-state index contributed by atoms with van der Waals surface area (Å²) in [6.07, 6.45) is 0.0621. The number of carbonyl (C=O) groups excluding carboxylic acids is 3. The van der Waals surface area contributed by atoms with Crippen molar-refractivity contribution in [3.8, 4) is 0 Å². The van der Waals surface area contributed by atoms with Crippen LogP contribution < -0.4 is 5.32 Å². The molecule has 1 heterocycles. The Morgan fingerprint density at radius 1 is 0.939 bits per heavy atom. The molecular weight excluding hydrogens is 469 g/mol. The van der Waals surface area contributed by atoms with E-state index in [2.05, 4.69) is 5.32 Å². The zero-order chi connectivity index (χ0) is 23.7. The van der Waals surface area contributed by atoms with Gasteiger partial charge in [-0.25, -0.2) is 0 Å². The summed E-state index contributed by atoms with van der Waals surface area (Å²) in [6, 6.07) is 15.6. The second-order valence-corrected chi connectivity index (χ2v) is 8.11. The highest BCUT2D eigenvalue weighted by Gasteiger charge is 2.43. The van der Waals surface area contributed by atoms with E-state index in [1.54, 1.807) is 24.3 Å². The van der Waals surface area contributed by atoms with Gasteiger partial charge in [-0.2, -0.15) is 0 Å². The van der Waals surface area contributed by atoms with Crippen molar-refractivity contribution in [1.29, 1.82) is 0 Å². The Labute approximate surface area is 197 Å². The number of nitrogens with zero attached hydrogens (tertiary/aromatic N) is 2. The number of hydrogen-bond acceptors (Lipinski definition) is 5. The maximum Gasteiger partial charge on any atom is 0.269 e. The molecule has 1 aliphatic rings. The van der Waals surface area contributed by atoms with Crippen LogP contribution >= 0.6 is 23.2 Å². The van der Waals surface area contributed by atoms with Crippen LogP contribution in [0.2, 0.25) is 10.0 Å². The lowest BCUT2D eigenvalue weighted by atomic mass is 10.0. The Morgan fingerprint density at radius 3 is 2.00 bits per heavy atom. The molecule has 8 nitrogen and oxygen atoms in total. The molecule has 0 fully saturated rings. The number of anilines is 1. The fraction of sp³-hybridized carbons (Fsp3) is 0.0870. The first kappa shape index (κ1) is 22.4. The Balaban J connectivity index is 1.68. The summed E-state index contributed by atoms with van der Waals surface area (Å²) in [5.74, 6) is -1.94. The molecule has 0 radical (unpaired) electrons. The van der Waals surface area contributed by atoms with Crippen LogP contribution in [0.4, 0.5) is 11.4 Å². The minimum Gasteiger partial charge on any atom is -0.324 e. The van der Waals surface area contributed by atoms with Gasteiger partial charge in [0.15, 0.2) is 0 Å². The third kappa shape index (κ3) is 4.44. The number of non-ortho nitro benzene ring substituents is 1. The van der Waals surface area contributed by atoms with Crippen molar-refractivity contribution in [1.82, 2.24) is 4.90 Å². The van der Waals surface area contributed by atoms with Gasteiger partial charge in [0.1, 0.15) is 6.04 Å². The van der Waals surface area contributed by atoms with Gasteiger partial charge in [-0.15, -0.1) is 0 Å². The number of nitro benzene ring substituents is 1. The van der Waals surface area contributed by atoms with Crippen molar-refractivity contribution in [3.63, 3.8) is 0 Å². The van der Waals surface area contributed by atoms with Crippen LogP contribution in [0.15, 0.2) is 66.7 Å². The number of amides is 3. The third-order valence-corrected chi connectivity index (χ3v) is 5.91. The Morgan fingerprint density at radius 2 is 1.48 bits per heavy atom. The highest BCUT2D eigenvalue weighted by Crippen LogP contribution is 2.33. The summed E-state index contributed by atoms with van der Waals surface area (Å²) in [4.78, 5) is 50.7. The molecule has 1 atom stereocenters. The van der Waals surface area contributed by atoms with Crippen molar-refractivity contribution in [2.45, 2.75) is 12.5 Å². The molecule has 4 rings (SSSR count). The lowest BCUT2D eigenvalue weighted by Gasteiger charge is -2.25. The van der Waals surface area contributed by atoms with E-state index >= 15 is 0 Å². The van der Waals surface area contributed by atoms with Crippen LogP contribution in [-0.2, 0) is 11.2 Å². The van der Waals surface area contributed by atoms with Crippen LogP contribution in [-0.4, -0.2) is 33.6 Å². The summed E-state index contributed by atoms with van der Waals surface area (Å²) in [5, 5.41) is 13.7. The molecule has 0 aliphatic carbocycles. The molecule has 3 amide bonds. The number of nitrogens with one attached hydrogen (secondary N) is 1. The van der Waals surface area contributed by atoms with E-state index in [1.807, 2.05) is 6.07 Å². The highest BCUT2D eigenvalue weighted by atomic mass is 35.5. The summed E-state index contributed by atoms with van der Waals surface area (Å²) in [6.45, 7) is 0. The van der Waals surface area contributed by atoms with Gasteiger partial charge < -0.3 is 5.32 Å². The predicted octanol–water partition coefficient (Wildman–Crippen LogP) is 4.75. The SMILES string of the molecule is O=C(Nc1ccc([N+](=O)[O-])cc1)[C@H](Cc1ccccc1)N1C(=O)c2cc(Cl)c(Cl)cc2C1=O. The lowest BCUT2D eigenvalue weighted by Crippen LogP contribution is -2.48. The summed E-state index contributed by atoms with van der Waals surface area (Å²) >= 11 is 12.1. The van der Waals surface area contributed by atoms with Gasteiger partial charge in [0.2, 0.25) is 5.91 Å². The standard InChI is InChI=1S/C23H15Cl2N3O5/c24-18-11-16-17(12-19(18)25)23(31)27(22(16)30)20(10-13-4-2-1-3-5-13)21(29)26-14-6-8-15(9-7-14)28(32)33/h1-9,11-12,20H,10H2,(H,26,29)/t20-/m0/s1. The van der Waals surface area contributed by atoms with Crippen LogP contribution in [0.3, 0.4) is 0 Å². The topological polar surface area (TPSA) is 110 Å². The van der Waals surface area contributed by atoms with Crippen LogP contribution in [0.1, 0.15) is 26.3 Å². The second kappa shape index (κ2) is 9.01. The van der Waals surface area contributed by atoms with Crippen molar-refractivity contribution in [2.75, 3.05) is 5.32 Å². The van der Waals surface area contributed by atoms with E-state index < -0.39 is 28.7 Å². The maximum atomic E-state index is 13.3. The smallest absolute Gasteiger partial charge is 0.269 e. The van der Waals surface area contributed by atoms with Crippen molar-refractivity contribution < 1.29 is 19.3 Å². The number of hydrogen-bond donors (Lipinski definition) is 1. The van der Waals surface area contributed by atoms with Crippen LogP contribution in [0.5, 0.6) is 0 Å². The fourth-order valence-corrected chi connectivity index (χ4v) is 3.89. The van der Waals surface area contributed by atoms with Gasteiger partial charge in [0, 0.05) is 24.2 Å². The van der Waals surface area contributed by atoms with E-state index in [4.69, 9.17) is 23.2 Å².